The average molecular weight is 275 g/mol. The molecule has 3 N–H and O–H groups in total. The van der Waals surface area contributed by atoms with Gasteiger partial charge < -0.3 is 16.0 Å². The first-order valence-corrected chi connectivity index (χ1v) is 6.95. The molecule has 0 spiro atoms. The van der Waals surface area contributed by atoms with Crippen LogP contribution < -0.4 is 11.1 Å². The van der Waals surface area contributed by atoms with Gasteiger partial charge in [0.2, 0.25) is 11.8 Å². The van der Waals surface area contributed by atoms with Gasteiger partial charge in [-0.15, -0.1) is 0 Å². The number of amides is 2. The van der Waals surface area contributed by atoms with Gasteiger partial charge in [0.1, 0.15) is 6.04 Å². The third-order valence-corrected chi connectivity index (χ3v) is 3.63. The van der Waals surface area contributed by atoms with Gasteiger partial charge in [0.25, 0.3) is 0 Å². The lowest BCUT2D eigenvalue weighted by Crippen LogP contribution is -2.44. The molecule has 2 atom stereocenters. The number of likely N-dealkylation sites (tertiary alicyclic amines) is 1. The summed E-state index contributed by atoms with van der Waals surface area (Å²) in [5, 5.41) is 2.78. The number of hydrogen-bond donors (Lipinski definition) is 2. The third kappa shape index (κ3) is 3.36. The summed E-state index contributed by atoms with van der Waals surface area (Å²) in [5.41, 5.74) is 6.56. The third-order valence-electron chi connectivity index (χ3n) is 3.63. The maximum atomic E-state index is 12.2. The molecular weight excluding hydrogens is 254 g/mol. The van der Waals surface area contributed by atoms with Crippen LogP contribution in [-0.2, 0) is 16.1 Å². The molecule has 2 unspecified atom stereocenters. The average Bonchev–Trinajstić information content (AvgIpc) is 2.80. The Balaban J connectivity index is 1.91. The van der Waals surface area contributed by atoms with E-state index in [4.69, 9.17) is 5.73 Å². The second kappa shape index (κ2) is 6.52. The van der Waals surface area contributed by atoms with Crippen LogP contribution in [0.4, 0.5) is 0 Å². The highest BCUT2D eigenvalue weighted by Gasteiger charge is 2.33. The number of benzene rings is 1. The van der Waals surface area contributed by atoms with Crippen molar-refractivity contribution in [2.24, 2.45) is 11.7 Å². The van der Waals surface area contributed by atoms with Crippen LogP contribution in [0.3, 0.4) is 0 Å². The number of nitrogens with one attached hydrogen (secondary N) is 1. The highest BCUT2D eigenvalue weighted by Crippen LogP contribution is 2.15. The quantitative estimate of drug-likeness (QED) is 0.821. The van der Waals surface area contributed by atoms with E-state index in [-0.39, 0.29) is 17.7 Å². The number of carbonyl (C=O) groups is 2. The van der Waals surface area contributed by atoms with Gasteiger partial charge in [-0.25, -0.2) is 0 Å². The highest BCUT2D eigenvalue weighted by atomic mass is 16.2. The monoisotopic (exact) mass is 275 g/mol. The molecule has 1 aliphatic heterocycles. The Bertz CT molecular complexity index is 475. The number of nitrogens with two attached hydrogens (primary N) is 1. The number of hydrogen-bond acceptors (Lipinski definition) is 3. The second-order valence-electron chi connectivity index (χ2n) is 5.23. The van der Waals surface area contributed by atoms with Gasteiger partial charge >= 0.3 is 0 Å². The Kier molecular flexibility index (Phi) is 4.74. The van der Waals surface area contributed by atoms with Crippen molar-refractivity contribution in [2.75, 3.05) is 13.1 Å². The highest BCUT2D eigenvalue weighted by molar-refractivity contribution is 5.89. The van der Waals surface area contributed by atoms with Crippen molar-refractivity contribution < 1.29 is 9.59 Å². The fourth-order valence-corrected chi connectivity index (χ4v) is 2.25. The molecule has 1 saturated heterocycles. The maximum absolute atomic E-state index is 12.2. The van der Waals surface area contributed by atoms with E-state index in [9.17, 15) is 9.59 Å². The van der Waals surface area contributed by atoms with Crippen molar-refractivity contribution in [3.05, 3.63) is 35.9 Å². The van der Waals surface area contributed by atoms with E-state index in [0.29, 0.717) is 26.1 Å². The van der Waals surface area contributed by atoms with Crippen molar-refractivity contribution in [3.63, 3.8) is 0 Å². The van der Waals surface area contributed by atoms with Crippen LogP contribution in [0.2, 0.25) is 0 Å². The molecule has 0 radical (unpaired) electrons. The summed E-state index contributed by atoms with van der Waals surface area (Å²) in [6, 6.07) is 9.45. The van der Waals surface area contributed by atoms with Gasteiger partial charge in [0, 0.05) is 25.6 Å². The first-order valence-electron chi connectivity index (χ1n) is 6.95. The predicted octanol–water partition coefficient (Wildman–Crippen LogP) is 0.499. The van der Waals surface area contributed by atoms with Crippen LogP contribution in [0, 0.1) is 5.92 Å². The second-order valence-corrected chi connectivity index (χ2v) is 5.23. The lowest BCUT2D eigenvalue weighted by Gasteiger charge is -2.18. The summed E-state index contributed by atoms with van der Waals surface area (Å²) < 4.78 is 0. The molecule has 0 bridgehead atoms. The molecule has 2 amide bonds. The summed E-state index contributed by atoms with van der Waals surface area (Å²) >= 11 is 0. The molecule has 0 aliphatic carbocycles. The van der Waals surface area contributed by atoms with Gasteiger partial charge in [-0.3, -0.25) is 9.59 Å². The Hall–Kier alpha value is -1.88. The zero-order valence-corrected chi connectivity index (χ0v) is 11.7. The number of carbonyl (C=O) groups excluding carboxylic acids is 2. The number of rotatable bonds is 5. The molecule has 0 saturated carbocycles. The van der Waals surface area contributed by atoms with Crippen molar-refractivity contribution in [3.8, 4) is 0 Å². The molecule has 2 rings (SSSR count). The fraction of sp³-hybridized carbons (Fsp3) is 0.467. The molecular formula is C15H21N3O2. The summed E-state index contributed by atoms with van der Waals surface area (Å²) in [6.45, 7) is 3.32. The largest absolute Gasteiger partial charge is 0.344 e. The van der Waals surface area contributed by atoms with E-state index in [1.54, 1.807) is 11.8 Å². The molecule has 5 heteroatoms. The molecule has 0 aromatic heterocycles. The van der Waals surface area contributed by atoms with Crippen LogP contribution in [-0.4, -0.2) is 35.8 Å². The Morgan fingerprint density at radius 3 is 2.80 bits per heavy atom. The van der Waals surface area contributed by atoms with Crippen molar-refractivity contribution >= 4 is 11.8 Å². The lowest BCUT2D eigenvalue weighted by atomic mass is 10.1. The van der Waals surface area contributed by atoms with E-state index in [1.165, 1.54) is 0 Å². The van der Waals surface area contributed by atoms with Crippen molar-refractivity contribution in [1.29, 1.82) is 0 Å². The summed E-state index contributed by atoms with van der Waals surface area (Å²) in [5.74, 6) is -0.412. The molecule has 1 heterocycles. The van der Waals surface area contributed by atoms with E-state index >= 15 is 0 Å². The minimum atomic E-state index is -0.403. The zero-order valence-electron chi connectivity index (χ0n) is 11.7. The van der Waals surface area contributed by atoms with E-state index < -0.39 is 6.04 Å². The van der Waals surface area contributed by atoms with Crippen LogP contribution in [0.25, 0.3) is 0 Å². The molecule has 1 aromatic rings. The normalized spacial score (nSPS) is 20.0. The van der Waals surface area contributed by atoms with Crippen molar-refractivity contribution in [2.45, 2.75) is 25.9 Å². The van der Waals surface area contributed by atoms with Gasteiger partial charge in [0.15, 0.2) is 0 Å². The fourth-order valence-electron chi connectivity index (χ4n) is 2.25. The Labute approximate surface area is 119 Å². The smallest absolute Gasteiger partial charge is 0.245 e. The van der Waals surface area contributed by atoms with Gasteiger partial charge in [-0.1, -0.05) is 37.3 Å². The summed E-state index contributed by atoms with van der Waals surface area (Å²) in [6.07, 6.45) is 0.661. The molecule has 1 fully saturated rings. The van der Waals surface area contributed by atoms with Crippen LogP contribution in [0.5, 0.6) is 0 Å². The zero-order chi connectivity index (χ0) is 14.5. The van der Waals surface area contributed by atoms with E-state index in [1.807, 2.05) is 30.3 Å². The summed E-state index contributed by atoms with van der Waals surface area (Å²) in [7, 11) is 0. The van der Waals surface area contributed by atoms with Gasteiger partial charge in [0.05, 0.1) is 0 Å². The molecule has 5 nitrogen and oxygen atoms in total. The minimum Gasteiger partial charge on any atom is -0.344 e. The lowest BCUT2D eigenvalue weighted by molar-refractivity contribution is -0.134. The van der Waals surface area contributed by atoms with Crippen LogP contribution in [0.1, 0.15) is 18.9 Å². The Morgan fingerprint density at radius 2 is 2.15 bits per heavy atom. The topological polar surface area (TPSA) is 75.4 Å². The van der Waals surface area contributed by atoms with Crippen LogP contribution in [0.15, 0.2) is 30.3 Å². The van der Waals surface area contributed by atoms with Crippen LogP contribution >= 0.6 is 0 Å². The van der Waals surface area contributed by atoms with Crippen molar-refractivity contribution in [1.82, 2.24) is 10.2 Å². The van der Waals surface area contributed by atoms with E-state index in [0.717, 1.165) is 5.56 Å². The van der Waals surface area contributed by atoms with E-state index in [2.05, 4.69) is 5.32 Å². The standard InChI is InChI=1S/C15H21N3O2/c1-11(9-16)14(19)17-13-7-8-18(15(13)20)10-12-5-3-2-4-6-12/h2-6,11,13H,7-10,16H2,1H3,(H,17,19). The first-order chi connectivity index (χ1) is 9.61. The number of nitrogens with zero attached hydrogens (tertiary/aromatic N) is 1. The molecule has 1 aliphatic rings. The Morgan fingerprint density at radius 1 is 1.45 bits per heavy atom. The van der Waals surface area contributed by atoms with Gasteiger partial charge in [-0.2, -0.15) is 0 Å². The SMILES string of the molecule is CC(CN)C(=O)NC1CCN(Cc2ccccc2)C1=O. The summed E-state index contributed by atoms with van der Waals surface area (Å²) in [4.78, 5) is 25.8. The first kappa shape index (κ1) is 14.5. The predicted molar refractivity (Wildman–Crippen MR) is 76.6 cm³/mol. The minimum absolute atomic E-state index is 0.00794. The molecule has 20 heavy (non-hydrogen) atoms. The molecule has 108 valence electrons. The molecule has 1 aromatic carbocycles. The maximum Gasteiger partial charge on any atom is 0.245 e. The van der Waals surface area contributed by atoms with Gasteiger partial charge in [-0.05, 0) is 12.0 Å².